The van der Waals surface area contributed by atoms with Gasteiger partial charge in [-0.1, -0.05) is 0 Å². The van der Waals surface area contributed by atoms with E-state index in [1.165, 1.54) is 25.0 Å². The van der Waals surface area contributed by atoms with Crippen LogP contribution in [-0.4, -0.2) is 37.3 Å². The first-order chi connectivity index (χ1) is 6.26. The molecule has 3 heteroatoms. The summed E-state index contributed by atoms with van der Waals surface area (Å²) in [4.78, 5) is 0. The maximum Gasteiger partial charge on any atom is 0.0601 e. The number of hydrogen-bond acceptors (Lipinski definition) is 3. The molecule has 0 bridgehead atoms. The third-order valence-corrected chi connectivity index (χ3v) is 3.35. The zero-order chi connectivity index (χ0) is 9.68. The molecule has 1 saturated carbocycles. The van der Waals surface area contributed by atoms with Crippen molar-refractivity contribution in [3.63, 3.8) is 0 Å². The minimum absolute atomic E-state index is 0.519. The molecule has 0 saturated heterocycles. The number of nitrogens with one attached hydrogen (secondary N) is 1. The van der Waals surface area contributed by atoms with Crippen LogP contribution in [0.5, 0.6) is 0 Å². The summed E-state index contributed by atoms with van der Waals surface area (Å²) in [6.07, 6.45) is 6.34. The van der Waals surface area contributed by atoms with Gasteiger partial charge in [0.05, 0.1) is 6.10 Å². The highest BCUT2D eigenvalue weighted by molar-refractivity contribution is 7.98. The highest BCUT2D eigenvalue weighted by Crippen LogP contribution is 2.23. The first-order valence-corrected chi connectivity index (χ1v) is 6.43. The number of ether oxygens (including phenoxy) is 1. The summed E-state index contributed by atoms with van der Waals surface area (Å²) in [5.74, 6) is 1.26. The van der Waals surface area contributed by atoms with E-state index in [0.29, 0.717) is 18.2 Å². The molecule has 13 heavy (non-hydrogen) atoms. The minimum atomic E-state index is 0.519. The summed E-state index contributed by atoms with van der Waals surface area (Å²) in [7, 11) is 1.80. The zero-order valence-electron chi connectivity index (χ0n) is 8.88. The number of hydrogen-bond donors (Lipinski definition) is 1. The Morgan fingerprint density at radius 1 is 1.54 bits per heavy atom. The molecule has 78 valence electrons. The van der Waals surface area contributed by atoms with Crippen molar-refractivity contribution in [2.45, 2.75) is 44.4 Å². The van der Waals surface area contributed by atoms with Gasteiger partial charge in [0.2, 0.25) is 0 Å². The molecule has 1 N–H and O–H groups in total. The van der Waals surface area contributed by atoms with Gasteiger partial charge in [0.1, 0.15) is 0 Å². The first kappa shape index (κ1) is 11.3. The van der Waals surface area contributed by atoms with Crippen molar-refractivity contribution in [3.05, 3.63) is 0 Å². The molecule has 1 unspecified atom stereocenters. The van der Waals surface area contributed by atoms with E-state index in [0.717, 1.165) is 0 Å². The summed E-state index contributed by atoms with van der Waals surface area (Å²) in [6.45, 7) is 2.27. The van der Waals surface area contributed by atoms with Crippen molar-refractivity contribution in [3.8, 4) is 0 Å². The second kappa shape index (κ2) is 5.89. The maximum atomic E-state index is 5.23. The SMILES string of the molecule is COC1CC(NC(C)CCSC)C1. The van der Waals surface area contributed by atoms with Crippen LogP contribution in [0.15, 0.2) is 0 Å². The van der Waals surface area contributed by atoms with E-state index < -0.39 is 0 Å². The Morgan fingerprint density at radius 3 is 2.77 bits per heavy atom. The van der Waals surface area contributed by atoms with Crippen molar-refractivity contribution >= 4 is 11.8 Å². The molecule has 0 aromatic heterocycles. The molecule has 1 rings (SSSR count). The fraction of sp³-hybridized carbons (Fsp3) is 1.00. The second-order valence-electron chi connectivity index (χ2n) is 3.88. The molecule has 0 heterocycles. The van der Waals surface area contributed by atoms with Crippen molar-refractivity contribution < 1.29 is 4.74 Å². The van der Waals surface area contributed by atoms with E-state index in [1.54, 1.807) is 7.11 Å². The summed E-state index contributed by atoms with van der Waals surface area (Å²) in [5.41, 5.74) is 0. The van der Waals surface area contributed by atoms with Crippen LogP contribution in [-0.2, 0) is 4.74 Å². The standard InChI is InChI=1S/C10H21NOS/c1-8(4-5-13-3)11-9-6-10(7-9)12-2/h8-11H,4-7H2,1-3H3. The Bertz CT molecular complexity index is 134. The molecular formula is C10H21NOS. The summed E-state index contributed by atoms with van der Waals surface area (Å²) >= 11 is 1.92. The van der Waals surface area contributed by atoms with Crippen LogP contribution in [0.1, 0.15) is 26.2 Å². The molecule has 0 aliphatic heterocycles. The molecule has 0 aromatic rings. The predicted octanol–water partition coefficient (Wildman–Crippen LogP) is 1.89. The smallest absolute Gasteiger partial charge is 0.0601 e. The quantitative estimate of drug-likeness (QED) is 0.712. The van der Waals surface area contributed by atoms with Gasteiger partial charge in [-0.15, -0.1) is 0 Å². The summed E-state index contributed by atoms with van der Waals surface area (Å²) in [5, 5.41) is 3.62. The predicted molar refractivity (Wildman–Crippen MR) is 59.4 cm³/mol. The van der Waals surface area contributed by atoms with Crippen molar-refractivity contribution in [1.29, 1.82) is 0 Å². The molecular weight excluding hydrogens is 182 g/mol. The third kappa shape index (κ3) is 3.88. The van der Waals surface area contributed by atoms with Crippen LogP contribution in [0.2, 0.25) is 0 Å². The van der Waals surface area contributed by atoms with Crippen molar-refractivity contribution in [2.75, 3.05) is 19.1 Å². The Labute approximate surface area is 85.8 Å². The fourth-order valence-corrected chi connectivity index (χ4v) is 2.26. The van der Waals surface area contributed by atoms with Gasteiger partial charge in [-0.05, 0) is 38.2 Å². The monoisotopic (exact) mass is 203 g/mol. The van der Waals surface area contributed by atoms with Crippen LogP contribution in [0.25, 0.3) is 0 Å². The van der Waals surface area contributed by atoms with Crippen LogP contribution in [0, 0.1) is 0 Å². The highest BCUT2D eigenvalue weighted by atomic mass is 32.2. The van der Waals surface area contributed by atoms with Crippen LogP contribution >= 0.6 is 11.8 Å². The minimum Gasteiger partial charge on any atom is -0.381 e. The molecule has 1 atom stereocenters. The summed E-state index contributed by atoms with van der Waals surface area (Å²) in [6, 6.07) is 1.37. The fourth-order valence-electron chi connectivity index (χ4n) is 1.67. The number of rotatable bonds is 6. The Kier molecular flexibility index (Phi) is 5.14. The molecule has 0 spiro atoms. The highest BCUT2D eigenvalue weighted by Gasteiger charge is 2.29. The van der Waals surface area contributed by atoms with Gasteiger partial charge in [0.15, 0.2) is 0 Å². The van der Waals surface area contributed by atoms with E-state index in [-0.39, 0.29) is 0 Å². The number of thioether (sulfide) groups is 1. The lowest BCUT2D eigenvalue weighted by molar-refractivity contribution is 0.0147. The molecule has 0 amide bonds. The Balaban J connectivity index is 1.99. The molecule has 0 radical (unpaired) electrons. The average molecular weight is 203 g/mol. The van der Waals surface area contributed by atoms with Crippen molar-refractivity contribution in [1.82, 2.24) is 5.32 Å². The van der Waals surface area contributed by atoms with Gasteiger partial charge in [0, 0.05) is 19.2 Å². The van der Waals surface area contributed by atoms with Gasteiger partial charge < -0.3 is 10.1 Å². The lowest BCUT2D eigenvalue weighted by Crippen LogP contribution is -2.48. The molecule has 1 aliphatic rings. The first-order valence-electron chi connectivity index (χ1n) is 5.04. The van der Waals surface area contributed by atoms with Crippen LogP contribution < -0.4 is 5.32 Å². The van der Waals surface area contributed by atoms with Gasteiger partial charge in [-0.25, -0.2) is 0 Å². The third-order valence-electron chi connectivity index (χ3n) is 2.70. The molecule has 1 aliphatic carbocycles. The molecule has 2 nitrogen and oxygen atoms in total. The lowest BCUT2D eigenvalue weighted by atomic mass is 9.88. The van der Waals surface area contributed by atoms with E-state index in [4.69, 9.17) is 4.74 Å². The van der Waals surface area contributed by atoms with Crippen molar-refractivity contribution in [2.24, 2.45) is 0 Å². The van der Waals surface area contributed by atoms with Crippen LogP contribution in [0.4, 0.5) is 0 Å². The van der Waals surface area contributed by atoms with Gasteiger partial charge in [-0.2, -0.15) is 11.8 Å². The van der Waals surface area contributed by atoms with Crippen LogP contribution in [0.3, 0.4) is 0 Å². The normalized spacial score (nSPS) is 29.8. The van der Waals surface area contributed by atoms with Gasteiger partial charge in [0.25, 0.3) is 0 Å². The average Bonchev–Trinajstić information content (AvgIpc) is 2.07. The van der Waals surface area contributed by atoms with E-state index in [1.807, 2.05) is 11.8 Å². The zero-order valence-corrected chi connectivity index (χ0v) is 9.69. The lowest BCUT2D eigenvalue weighted by Gasteiger charge is -2.36. The molecule has 0 aromatic carbocycles. The Hall–Kier alpha value is 0.270. The van der Waals surface area contributed by atoms with Gasteiger partial charge >= 0.3 is 0 Å². The second-order valence-corrected chi connectivity index (χ2v) is 4.86. The van der Waals surface area contributed by atoms with E-state index in [2.05, 4.69) is 18.5 Å². The van der Waals surface area contributed by atoms with Gasteiger partial charge in [-0.3, -0.25) is 0 Å². The van der Waals surface area contributed by atoms with E-state index in [9.17, 15) is 0 Å². The number of methoxy groups -OCH3 is 1. The molecule has 1 fully saturated rings. The summed E-state index contributed by atoms with van der Waals surface area (Å²) < 4.78 is 5.23. The van der Waals surface area contributed by atoms with E-state index >= 15 is 0 Å². The topological polar surface area (TPSA) is 21.3 Å². The Morgan fingerprint density at radius 2 is 2.23 bits per heavy atom. The largest absolute Gasteiger partial charge is 0.381 e. The maximum absolute atomic E-state index is 5.23.